The van der Waals surface area contributed by atoms with Gasteiger partial charge in [0.15, 0.2) is 0 Å². The van der Waals surface area contributed by atoms with Crippen LogP contribution in [0.15, 0.2) is 36.5 Å². The van der Waals surface area contributed by atoms with Crippen LogP contribution < -0.4 is 4.84 Å². The molecule has 3 rings (SSSR count). The number of ether oxygens (including phenoxy) is 1. The molecular weight excluding hydrogens is 304 g/mol. The summed E-state index contributed by atoms with van der Waals surface area (Å²) in [7, 11) is 0. The lowest BCUT2D eigenvalue weighted by Crippen LogP contribution is -2.44. The molecule has 2 aromatic rings. The highest BCUT2D eigenvalue weighted by molar-refractivity contribution is 5.68. The number of hydrogen-bond donors (Lipinski definition) is 0. The first-order valence-corrected chi connectivity index (χ1v) is 6.99. The second kappa shape index (κ2) is 6.44. The number of carbonyl (C=O) groups is 1. The molecule has 1 amide bonds. The van der Waals surface area contributed by atoms with Crippen LogP contribution in [0.25, 0.3) is 11.3 Å². The number of benzene rings is 1. The second-order valence-corrected chi connectivity index (χ2v) is 4.86. The maximum absolute atomic E-state index is 11.9. The number of nitrogens with zero attached hydrogens (tertiary/aromatic N) is 4. The van der Waals surface area contributed by atoms with E-state index in [9.17, 15) is 14.9 Å². The number of nitro groups is 1. The summed E-state index contributed by atoms with van der Waals surface area (Å²) in [4.78, 5) is 29.9. The van der Waals surface area contributed by atoms with Crippen LogP contribution in [0.5, 0.6) is 0 Å². The van der Waals surface area contributed by atoms with E-state index in [1.54, 1.807) is 18.2 Å². The van der Waals surface area contributed by atoms with Crippen molar-refractivity contribution in [3.05, 3.63) is 46.6 Å². The highest BCUT2D eigenvalue weighted by Crippen LogP contribution is 2.20. The lowest BCUT2D eigenvalue weighted by molar-refractivity contribution is -0.384. The highest BCUT2D eigenvalue weighted by Gasteiger charge is 2.19. The molecule has 1 saturated heterocycles. The van der Waals surface area contributed by atoms with Gasteiger partial charge in [-0.3, -0.25) is 15.0 Å². The summed E-state index contributed by atoms with van der Waals surface area (Å²) in [6.07, 6.45) is 1.02. The molecule has 23 heavy (non-hydrogen) atoms. The summed E-state index contributed by atoms with van der Waals surface area (Å²) in [6, 6.07) is 7.64. The van der Waals surface area contributed by atoms with E-state index in [0.29, 0.717) is 37.6 Å². The normalized spacial score (nSPS) is 14.5. The van der Waals surface area contributed by atoms with Crippen molar-refractivity contribution >= 4 is 11.8 Å². The first-order valence-electron chi connectivity index (χ1n) is 6.99. The number of hydrogen-bond acceptors (Lipinski definition) is 6. The Morgan fingerprint density at radius 2 is 1.91 bits per heavy atom. The molecule has 1 aliphatic heterocycles. The Labute approximate surface area is 131 Å². The summed E-state index contributed by atoms with van der Waals surface area (Å²) < 4.78 is 5.17. The molecule has 0 atom stereocenters. The van der Waals surface area contributed by atoms with Crippen LogP contribution in [0, 0.1) is 10.1 Å². The van der Waals surface area contributed by atoms with Gasteiger partial charge >= 0.3 is 6.09 Å². The Morgan fingerprint density at radius 1 is 1.22 bits per heavy atom. The molecule has 0 saturated carbocycles. The summed E-state index contributed by atoms with van der Waals surface area (Å²) >= 11 is 0. The third-order valence-corrected chi connectivity index (χ3v) is 3.38. The molecule has 2 heterocycles. The quantitative estimate of drug-likeness (QED) is 0.625. The number of non-ortho nitro benzene ring substituents is 1. The maximum Gasteiger partial charge on any atom is 0.436 e. The monoisotopic (exact) mass is 318 g/mol. The van der Waals surface area contributed by atoms with Crippen molar-refractivity contribution in [2.75, 3.05) is 26.3 Å². The van der Waals surface area contributed by atoms with Crippen LogP contribution in [0.2, 0.25) is 0 Å². The van der Waals surface area contributed by atoms with Gasteiger partial charge in [0.05, 0.1) is 30.0 Å². The fourth-order valence-electron chi connectivity index (χ4n) is 2.15. The molecule has 9 heteroatoms. The maximum atomic E-state index is 11.9. The van der Waals surface area contributed by atoms with Crippen LogP contribution in [-0.2, 0) is 4.74 Å². The molecule has 0 unspecified atom stereocenters. The van der Waals surface area contributed by atoms with E-state index in [1.165, 1.54) is 23.2 Å². The standard InChI is InChI=1S/C14H14N4O5/c19-14(16-7-9-22-10-8-16)23-17-6-5-13(15-17)11-1-3-12(4-2-11)18(20)21/h1-6H,7-10H2. The predicted octanol–water partition coefficient (Wildman–Crippen LogP) is 1.34. The van der Waals surface area contributed by atoms with E-state index < -0.39 is 11.0 Å². The van der Waals surface area contributed by atoms with Crippen molar-refractivity contribution in [2.45, 2.75) is 0 Å². The average molecular weight is 318 g/mol. The molecule has 0 N–H and O–H groups in total. The lowest BCUT2D eigenvalue weighted by atomic mass is 10.1. The van der Waals surface area contributed by atoms with Crippen LogP contribution >= 0.6 is 0 Å². The number of aromatic nitrogens is 2. The van der Waals surface area contributed by atoms with E-state index in [2.05, 4.69) is 5.10 Å². The van der Waals surface area contributed by atoms with Crippen LogP contribution in [0.4, 0.5) is 10.5 Å². The molecular formula is C14H14N4O5. The molecule has 9 nitrogen and oxygen atoms in total. The molecule has 120 valence electrons. The van der Waals surface area contributed by atoms with Crippen LogP contribution in [0.1, 0.15) is 0 Å². The molecule has 0 spiro atoms. The Kier molecular flexibility index (Phi) is 4.20. The topological polar surface area (TPSA) is 99.7 Å². The molecule has 1 aromatic carbocycles. The minimum atomic E-state index is -0.494. The van der Waals surface area contributed by atoms with Gasteiger partial charge in [0.1, 0.15) is 0 Å². The van der Waals surface area contributed by atoms with Gasteiger partial charge < -0.3 is 9.64 Å². The van der Waals surface area contributed by atoms with Gasteiger partial charge in [-0.05, 0) is 18.2 Å². The molecule has 0 radical (unpaired) electrons. The van der Waals surface area contributed by atoms with E-state index in [-0.39, 0.29) is 5.69 Å². The Balaban J connectivity index is 1.67. The van der Waals surface area contributed by atoms with E-state index in [0.717, 1.165) is 4.85 Å². The second-order valence-electron chi connectivity index (χ2n) is 4.86. The Morgan fingerprint density at radius 3 is 2.57 bits per heavy atom. The average Bonchev–Trinajstić information content (AvgIpc) is 3.04. The van der Waals surface area contributed by atoms with Gasteiger partial charge in [-0.25, -0.2) is 4.79 Å². The van der Waals surface area contributed by atoms with Gasteiger partial charge in [-0.15, -0.1) is 5.10 Å². The summed E-state index contributed by atoms with van der Waals surface area (Å²) in [5.41, 5.74) is 1.25. The van der Waals surface area contributed by atoms with Crippen molar-refractivity contribution in [3.63, 3.8) is 0 Å². The van der Waals surface area contributed by atoms with Crippen molar-refractivity contribution in [1.82, 2.24) is 14.8 Å². The number of amides is 1. The van der Waals surface area contributed by atoms with E-state index in [4.69, 9.17) is 9.57 Å². The number of nitro benzene ring substituents is 1. The van der Waals surface area contributed by atoms with E-state index >= 15 is 0 Å². The predicted molar refractivity (Wildman–Crippen MR) is 78.7 cm³/mol. The SMILES string of the molecule is O=C(On1ccc(-c2ccc([N+](=O)[O-])cc2)n1)N1CCOCC1. The largest absolute Gasteiger partial charge is 0.436 e. The Hall–Kier alpha value is -2.94. The van der Waals surface area contributed by atoms with Gasteiger partial charge in [-0.2, -0.15) is 0 Å². The van der Waals surface area contributed by atoms with Crippen molar-refractivity contribution in [3.8, 4) is 11.3 Å². The fraction of sp³-hybridized carbons (Fsp3) is 0.286. The first kappa shape index (κ1) is 15.0. The molecule has 1 aromatic heterocycles. The van der Waals surface area contributed by atoms with Crippen LogP contribution in [-0.4, -0.2) is 52.2 Å². The summed E-state index contributed by atoms with van der Waals surface area (Å²) in [5, 5.41) is 14.8. The summed E-state index contributed by atoms with van der Waals surface area (Å²) in [6.45, 7) is 1.94. The smallest absolute Gasteiger partial charge is 0.378 e. The van der Waals surface area contributed by atoms with Gasteiger partial charge in [0.25, 0.3) is 5.69 Å². The third kappa shape index (κ3) is 3.46. The fourth-order valence-corrected chi connectivity index (χ4v) is 2.15. The minimum absolute atomic E-state index is 0.00641. The third-order valence-electron chi connectivity index (χ3n) is 3.38. The number of morpholine rings is 1. The first-order chi connectivity index (χ1) is 11.1. The molecule has 0 bridgehead atoms. The van der Waals surface area contributed by atoms with Gasteiger partial charge in [0.2, 0.25) is 0 Å². The minimum Gasteiger partial charge on any atom is -0.378 e. The number of rotatable bonds is 3. The molecule has 1 fully saturated rings. The highest BCUT2D eigenvalue weighted by atomic mass is 16.7. The molecule has 1 aliphatic rings. The summed E-state index contributed by atoms with van der Waals surface area (Å²) in [5.74, 6) is 0. The zero-order chi connectivity index (χ0) is 16.2. The lowest BCUT2D eigenvalue weighted by Gasteiger charge is -2.25. The zero-order valence-electron chi connectivity index (χ0n) is 12.1. The zero-order valence-corrected chi connectivity index (χ0v) is 12.1. The van der Waals surface area contributed by atoms with Crippen molar-refractivity contribution in [1.29, 1.82) is 0 Å². The van der Waals surface area contributed by atoms with Crippen molar-refractivity contribution < 1.29 is 19.3 Å². The van der Waals surface area contributed by atoms with Crippen LogP contribution in [0.3, 0.4) is 0 Å². The molecule has 0 aliphatic carbocycles. The van der Waals surface area contributed by atoms with Gasteiger partial charge in [-0.1, -0.05) is 4.85 Å². The van der Waals surface area contributed by atoms with E-state index in [1.807, 2.05) is 0 Å². The van der Waals surface area contributed by atoms with Gasteiger partial charge in [0, 0.05) is 30.8 Å². The van der Waals surface area contributed by atoms with Crippen molar-refractivity contribution in [2.24, 2.45) is 0 Å². The number of carbonyl (C=O) groups excluding carboxylic acids is 1. The Bertz CT molecular complexity index is 706.